The number of carbonyl (C=O) groups is 2. The molecule has 3 aromatic rings. The molecule has 0 fully saturated rings. The van der Waals surface area contributed by atoms with E-state index in [0.29, 0.717) is 30.6 Å². The zero-order valence-corrected chi connectivity index (χ0v) is 24.4. The Morgan fingerprint density at radius 1 is 0.925 bits per heavy atom. The predicted molar refractivity (Wildman–Crippen MR) is 156 cm³/mol. The molecule has 0 aromatic heterocycles. The first-order valence-corrected chi connectivity index (χ1v) is 15.0. The second-order valence-corrected chi connectivity index (χ2v) is 11.5. The van der Waals surface area contributed by atoms with Crippen molar-refractivity contribution in [3.05, 3.63) is 95.3 Å². The van der Waals surface area contributed by atoms with Gasteiger partial charge in [0.25, 0.3) is 10.0 Å². The lowest BCUT2D eigenvalue weighted by molar-refractivity contribution is -0.140. The number of nitrogens with one attached hydrogen (secondary N) is 1. The molecule has 9 heteroatoms. The Kier molecular flexibility index (Phi) is 10.8. The molecule has 2 amide bonds. The minimum Gasteiger partial charge on any atom is -0.354 e. The van der Waals surface area contributed by atoms with Crippen LogP contribution in [0.15, 0.2) is 77.7 Å². The summed E-state index contributed by atoms with van der Waals surface area (Å²) in [5.41, 5.74) is 2.70. The van der Waals surface area contributed by atoms with Crippen molar-refractivity contribution in [2.45, 2.75) is 64.4 Å². The van der Waals surface area contributed by atoms with Gasteiger partial charge in [0.15, 0.2) is 0 Å². The summed E-state index contributed by atoms with van der Waals surface area (Å²) in [6, 6.07) is 18.4. The monoisotopic (exact) mass is 567 g/mol. The highest BCUT2D eigenvalue weighted by atomic mass is 32.2. The van der Waals surface area contributed by atoms with Crippen LogP contribution in [0.1, 0.15) is 50.3 Å². The number of para-hydroxylation sites is 1. The number of halogens is 1. The highest BCUT2D eigenvalue weighted by Crippen LogP contribution is 2.28. The van der Waals surface area contributed by atoms with Gasteiger partial charge in [0.1, 0.15) is 18.4 Å². The zero-order chi connectivity index (χ0) is 29.3. The maximum absolute atomic E-state index is 14.1. The van der Waals surface area contributed by atoms with Crippen LogP contribution >= 0.6 is 0 Å². The summed E-state index contributed by atoms with van der Waals surface area (Å²) in [5.74, 6) is -1.27. The normalized spacial score (nSPS) is 12.0. The molecule has 0 radical (unpaired) electrons. The summed E-state index contributed by atoms with van der Waals surface area (Å²) in [6.07, 6.45) is 1.60. The number of hydrogen-bond donors (Lipinski definition) is 1. The molecule has 3 rings (SSSR count). The smallest absolute Gasteiger partial charge is 0.264 e. The van der Waals surface area contributed by atoms with E-state index >= 15 is 0 Å². The minimum atomic E-state index is -4.14. The Labute approximate surface area is 237 Å². The van der Waals surface area contributed by atoms with Crippen molar-refractivity contribution < 1.29 is 22.4 Å². The summed E-state index contributed by atoms with van der Waals surface area (Å²) < 4.78 is 42.8. The number of carbonyl (C=O) groups excluding carboxylic acids is 2. The first-order valence-electron chi connectivity index (χ1n) is 13.6. The van der Waals surface area contributed by atoms with E-state index in [1.165, 1.54) is 29.2 Å². The van der Waals surface area contributed by atoms with Crippen molar-refractivity contribution >= 4 is 27.5 Å². The van der Waals surface area contributed by atoms with E-state index in [1.807, 2.05) is 32.9 Å². The van der Waals surface area contributed by atoms with E-state index in [-0.39, 0.29) is 17.3 Å². The Hall–Kier alpha value is -3.72. The number of aryl methyl sites for hydroxylation is 2. The summed E-state index contributed by atoms with van der Waals surface area (Å²) in [5, 5.41) is 2.85. The van der Waals surface area contributed by atoms with Crippen LogP contribution in [0, 0.1) is 12.7 Å². The fourth-order valence-electron chi connectivity index (χ4n) is 4.48. The minimum absolute atomic E-state index is 0.0189. The maximum Gasteiger partial charge on any atom is 0.264 e. The molecule has 0 unspecified atom stereocenters. The number of nitrogens with zero attached hydrogens (tertiary/aromatic N) is 2. The van der Waals surface area contributed by atoms with Crippen molar-refractivity contribution in [2.75, 3.05) is 17.4 Å². The van der Waals surface area contributed by atoms with Crippen LogP contribution < -0.4 is 9.62 Å². The molecule has 1 atom stereocenters. The molecule has 0 spiro atoms. The van der Waals surface area contributed by atoms with Crippen molar-refractivity contribution in [1.82, 2.24) is 10.2 Å². The molecule has 40 heavy (non-hydrogen) atoms. The molecule has 7 nitrogen and oxygen atoms in total. The number of amides is 2. The van der Waals surface area contributed by atoms with Crippen LogP contribution in [-0.2, 0) is 32.6 Å². The first-order chi connectivity index (χ1) is 19.1. The Morgan fingerprint density at radius 3 is 2.17 bits per heavy atom. The molecule has 0 aliphatic carbocycles. The number of hydrogen-bond acceptors (Lipinski definition) is 4. The summed E-state index contributed by atoms with van der Waals surface area (Å²) in [4.78, 5) is 28.7. The lowest BCUT2D eigenvalue weighted by atomic mass is 10.1. The second-order valence-electron chi connectivity index (χ2n) is 9.67. The van der Waals surface area contributed by atoms with Gasteiger partial charge in [0.2, 0.25) is 11.8 Å². The van der Waals surface area contributed by atoms with E-state index in [0.717, 1.165) is 21.9 Å². The van der Waals surface area contributed by atoms with Gasteiger partial charge in [-0.1, -0.05) is 68.8 Å². The molecular formula is C31H38FN3O4S. The van der Waals surface area contributed by atoms with Crippen LogP contribution in [0.4, 0.5) is 10.1 Å². The van der Waals surface area contributed by atoms with Gasteiger partial charge in [-0.3, -0.25) is 13.9 Å². The molecule has 0 heterocycles. The molecular weight excluding hydrogens is 529 g/mol. The van der Waals surface area contributed by atoms with Crippen LogP contribution in [0.5, 0.6) is 0 Å². The van der Waals surface area contributed by atoms with Gasteiger partial charge in [-0.05, 0) is 67.6 Å². The van der Waals surface area contributed by atoms with Gasteiger partial charge in [-0.2, -0.15) is 0 Å². The Balaban J connectivity index is 2.08. The topological polar surface area (TPSA) is 86.8 Å². The van der Waals surface area contributed by atoms with Crippen molar-refractivity contribution in [3.63, 3.8) is 0 Å². The Bertz CT molecular complexity index is 1390. The molecule has 0 bridgehead atoms. The fraction of sp³-hybridized carbons (Fsp3) is 0.355. The fourth-order valence-corrected chi connectivity index (χ4v) is 5.93. The molecule has 214 valence electrons. The van der Waals surface area contributed by atoms with Gasteiger partial charge in [0.05, 0.1) is 10.6 Å². The Morgan fingerprint density at radius 2 is 1.57 bits per heavy atom. The third kappa shape index (κ3) is 7.47. The number of sulfonamides is 1. The molecule has 3 aromatic carbocycles. The predicted octanol–water partition coefficient (Wildman–Crippen LogP) is 5.23. The largest absolute Gasteiger partial charge is 0.354 e. The second kappa shape index (κ2) is 14.1. The first kappa shape index (κ1) is 30.8. The SMILES string of the molecule is CCCNC(=O)[C@H](CC)N(Cc1ccc(F)cc1)C(=O)CN(c1ccccc1CC)S(=O)(=O)c1ccc(C)cc1. The van der Waals surface area contributed by atoms with Gasteiger partial charge in [0, 0.05) is 13.1 Å². The van der Waals surface area contributed by atoms with Crippen LogP contribution in [0.3, 0.4) is 0 Å². The van der Waals surface area contributed by atoms with Crippen LogP contribution in [0.25, 0.3) is 0 Å². The summed E-state index contributed by atoms with van der Waals surface area (Å²) in [7, 11) is -4.14. The van der Waals surface area contributed by atoms with Gasteiger partial charge in [-0.25, -0.2) is 12.8 Å². The standard InChI is InChI=1S/C31H38FN3O4S/c1-5-20-33-31(37)28(7-3)34(21-24-14-16-26(32)17-15-24)30(36)22-35(29-11-9-8-10-25(29)6-2)40(38,39)27-18-12-23(4)13-19-27/h8-19,28H,5-7,20-22H2,1-4H3,(H,33,37)/t28-/m0/s1. The molecule has 0 saturated heterocycles. The summed E-state index contributed by atoms with van der Waals surface area (Å²) in [6.45, 7) is 7.48. The van der Waals surface area contributed by atoms with E-state index < -0.39 is 34.3 Å². The van der Waals surface area contributed by atoms with Gasteiger partial charge >= 0.3 is 0 Å². The highest BCUT2D eigenvalue weighted by Gasteiger charge is 2.34. The van der Waals surface area contributed by atoms with Gasteiger partial charge in [-0.15, -0.1) is 0 Å². The molecule has 0 saturated carbocycles. The molecule has 0 aliphatic heterocycles. The number of benzene rings is 3. The quantitative estimate of drug-likeness (QED) is 0.307. The zero-order valence-electron chi connectivity index (χ0n) is 23.6. The maximum atomic E-state index is 14.1. The van der Waals surface area contributed by atoms with Crippen molar-refractivity contribution in [2.24, 2.45) is 0 Å². The lowest BCUT2D eigenvalue weighted by Crippen LogP contribution is -2.52. The highest BCUT2D eigenvalue weighted by molar-refractivity contribution is 7.92. The third-order valence-corrected chi connectivity index (χ3v) is 8.50. The van der Waals surface area contributed by atoms with Crippen molar-refractivity contribution in [3.8, 4) is 0 Å². The van der Waals surface area contributed by atoms with Crippen LogP contribution in [0.2, 0.25) is 0 Å². The average Bonchev–Trinajstić information content (AvgIpc) is 2.95. The van der Waals surface area contributed by atoms with Gasteiger partial charge < -0.3 is 10.2 Å². The lowest BCUT2D eigenvalue weighted by Gasteiger charge is -2.33. The van der Waals surface area contributed by atoms with E-state index in [1.54, 1.807) is 43.3 Å². The van der Waals surface area contributed by atoms with E-state index in [2.05, 4.69) is 5.32 Å². The van der Waals surface area contributed by atoms with Crippen molar-refractivity contribution in [1.29, 1.82) is 0 Å². The van der Waals surface area contributed by atoms with E-state index in [9.17, 15) is 22.4 Å². The van der Waals surface area contributed by atoms with E-state index in [4.69, 9.17) is 0 Å². The molecule has 0 aliphatic rings. The summed E-state index contributed by atoms with van der Waals surface area (Å²) >= 11 is 0. The molecule has 1 N–H and O–H groups in total. The number of rotatable bonds is 13. The average molecular weight is 568 g/mol. The third-order valence-electron chi connectivity index (χ3n) is 6.73. The number of anilines is 1. The van der Waals surface area contributed by atoms with Crippen LogP contribution in [-0.4, -0.2) is 44.3 Å².